The average Bonchev–Trinajstić information content (AvgIpc) is 2.84. The lowest BCUT2D eigenvalue weighted by molar-refractivity contribution is -0.384. The first-order valence-electron chi connectivity index (χ1n) is 7.33. The van der Waals surface area contributed by atoms with Crippen LogP contribution in [-0.2, 0) is 4.79 Å². The number of aromatic hydroxyl groups is 2. The second-order valence-corrected chi connectivity index (χ2v) is 7.16. The molecule has 1 saturated heterocycles. The van der Waals surface area contributed by atoms with Crippen LogP contribution >= 0.6 is 24.0 Å². The summed E-state index contributed by atoms with van der Waals surface area (Å²) >= 11 is 6.35. The van der Waals surface area contributed by atoms with E-state index in [0.29, 0.717) is 21.7 Å². The molecule has 0 bridgehead atoms. The van der Waals surface area contributed by atoms with Crippen molar-refractivity contribution >= 4 is 51.7 Å². The van der Waals surface area contributed by atoms with Gasteiger partial charge in [-0.05, 0) is 36.8 Å². The molecule has 2 aromatic carbocycles. The van der Waals surface area contributed by atoms with E-state index in [1.807, 2.05) is 0 Å². The minimum absolute atomic E-state index is 0.0683. The number of phenolic OH excluding ortho intramolecular Hbond substituents is 2. The van der Waals surface area contributed by atoms with Crippen LogP contribution in [0.3, 0.4) is 0 Å². The minimum Gasteiger partial charge on any atom is -0.508 e. The molecule has 0 spiro atoms. The monoisotopic (exact) mass is 388 g/mol. The fourth-order valence-electron chi connectivity index (χ4n) is 2.47. The number of non-ortho nitro benzene ring substituents is 1. The second kappa shape index (κ2) is 6.77. The number of hydrogen-bond acceptors (Lipinski definition) is 7. The van der Waals surface area contributed by atoms with Crippen molar-refractivity contribution in [1.29, 1.82) is 0 Å². The fourth-order valence-corrected chi connectivity index (χ4v) is 3.75. The Morgan fingerprint density at radius 3 is 2.58 bits per heavy atom. The lowest BCUT2D eigenvalue weighted by atomic mass is 10.1. The number of carbonyl (C=O) groups excluding carboxylic acids is 1. The van der Waals surface area contributed by atoms with E-state index in [1.165, 1.54) is 47.4 Å². The summed E-state index contributed by atoms with van der Waals surface area (Å²) in [6.45, 7) is 1.66. The number of nitrogens with zero attached hydrogens (tertiary/aromatic N) is 2. The van der Waals surface area contributed by atoms with Gasteiger partial charge < -0.3 is 10.2 Å². The van der Waals surface area contributed by atoms with E-state index in [9.17, 15) is 25.1 Å². The number of amides is 1. The maximum atomic E-state index is 12.8. The van der Waals surface area contributed by atoms with Gasteiger partial charge in [0.15, 0.2) is 4.32 Å². The average molecular weight is 388 g/mol. The summed E-state index contributed by atoms with van der Waals surface area (Å²) in [5.74, 6) is -0.639. The Morgan fingerprint density at radius 2 is 1.96 bits per heavy atom. The van der Waals surface area contributed by atoms with Crippen molar-refractivity contribution in [3.63, 3.8) is 0 Å². The zero-order valence-electron chi connectivity index (χ0n) is 13.4. The van der Waals surface area contributed by atoms with Crippen LogP contribution in [0.25, 0.3) is 6.08 Å². The van der Waals surface area contributed by atoms with Crippen LogP contribution in [-0.4, -0.2) is 25.4 Å². The van der Waals surface area contributed by atoms with E-state index in [1.54, 1.807) is 6.92 Å². The summed E-state index contributed by atoms with van der Waals surface area (Å²) in [5, 5.41) is 30.1. The Hall–Kier alpha value is -2.91. The first kappa shape index (κ1) is 17.9. The number of thioether (sulfide) groups is 1. The number of phenols is 2. The first-order chi connectivity index (χ1) is 12.3. The molecule has 3 rings (SSSR count). The van der Waals surface area contributed by atoms with Crippen LogP contribution < -0.4 is 4.90 Å². The highest BCUT2D eigenvalue weighted by Crippen LogP contribution is 2.39. The molecule has 1 amide bonds. The van der Waals surface area contributed by atoms with Crippen molar-refractivity contribution < 1.29 is 19.9 Å². The van der Waals surface area contributed by atoms with Crippen molar-refractivity contribution in [3.8, 4) is 11.5 Å². The fraction of sp³-hybridized carbons (Fsp3) is 0.0588. The number of hydrogen-bond donors (Lipinski definition) is 2. The number of benzene rings is 2. The molecule has 0 radical (unpaired) electrons. The Balaban J connectivity index is 1.97. The molecule has 26 heavy (non-hydrogen) atoms. The van der Waals surface area contributed by atoms with E-state index in [-0.39, 0.29) is 27.4 Å². The number of anilines is 1. The topological polar surface area (TPSA) is 104 Å². The number of rotatable bonds is 3. The maximum absolute atomic E-state index is 12.8. The number of aryl methyl sites for hydroxylation is 1. The molecule has 7 nitrogen and oxygen atoms in total. The quantitative estimate of drug-likeness (QED) is 0.357. The molecule has 9 heteroatoms. The summed E-state index contributed by atoms with van der Waals surface area (Å²) in [4.78, 5) is 24.7. The van der Waals surface area contributed by atoms with Crippen LogP contribution in [0.2, 0.25) is 0 Å². The molecule has 0 saturated carbocycles. The lowest BCUT2D eigenvalue weighted by Gasteiger charge is -2.16. The van der Waals surface area contributed by atoms with Crippen molar-refractivity contribution in [1.82, 2.24) is 0 Å². The molecule has 0 atom stereocenters. The maximum Gasteiger partial charge on any atom is 0.270 e. The summed E-state index contributed by atoms with van der Waals surface area (Å²) in [7, 11) is 0. The molecule has 0 aromatic heterocycles. The Kier molecular flexibility index (Phi) is 4.66. The molecule has 1 heterocycles. The van der Waals surface area contributed by atoms with Gasteiger partial charge in [-0.3, -0.25) is 19.8 Å². The summed E-state index contributed by atoms with van der Waals surface area (Å²) < 4.78 is 0.288. The molecular weight excluding hydrogens is 376 g/mol. The molecule has 1 aliphatic rings. The SMILES string of the molecule is Cc1cc([N+](=O)[O-])ccc1N1C(=O)/C(=C/c2ccc(O)cc2O)SC1=S. The predicted octanol–water partition coefficient (Wildman–Crippen LogP) is 3.72. The standard InChI is InChI=1S/C17H12N2O5S2/c1-9-6-11(19(23)24)3-5-13(9)18-16(22)15(26-17(18)25)7-10-2-4-12(20)8-14(10)21/h2-8,20-21H,1H3/b15-7-. The van der Waals surface area contributed by atoms with E-state index in [2.05, 4.69) is 0 Å². The lowest BCUT2D eigenvalue weighted by Crippen LogP contribution is -2.28. The number of nitro groups is 1. The third-order valence-electron chi connectivity index (χ3n) is 3.73. The molecular formula is C17H12N2O5S2. The van der Waals surface area contributed by atoms with Gasteiger partial charge in [0.25, 0.3) is 11.6 Å². The molecule has 1 fully saturated rings. The zero-order valence-corrected chi connectivity index (χ0v) is 15.0. The third kappa shape index (κ3) is 3.26. The van der Waals surface area contributed by atoms with E-state index < -0.39 is 4.92 Å². The van der Waals surface area contributed by atoms with Crippen molar-refractivity contribution in [2.24, 2.45) is 0 Å². The van der Waals surface area contributed by atoms with Crippen LogP contribution in [0.5, 0.6) is 11.5 Å². The predicted molar refractivity (Wildman–Crippen MR) is 103 cm³/mol. The van der Waals surface area contributed by atoms with Gasteiger partial charge in [-0.25, -0.2) is 0 Å². The Bertz CT molecular complexity index is 987. The zero-order chi connectivity index (χ0) is 19.0. The van der Waals surface area contributed by atoms with Gasteiger partial charge in [-0.1, -0.05) is 24.0 Å². The normalized spacial score (nSPS) is 15.7. The van der Waals surface area contributed by atoms with Gasteiger partial charge in [-0.2, -0.15) is 0 Å². The smallest absolute Gasteiger partial charge is 0.270 e. The molecule has 1 aliphatic heterocycles. The number of nitro benzene ring substituents is 1. The van der Waals surface area contributed by atoms with E-state index in [0.717, 1.165) is 11.8 Å². The van der Waals surface area contributed by atoms with Gasteiger partial charge in [0, 0.05) is 23.8 Å². The number of carbonyl (C=O) groups is 1. The molecule has 2 aromatic rings. The third-order valence-corrected chi connectivity index (χ3v) is 5.03. The molecule has 2 N–H and O–H groups in total. The van der Waals surface area contributed by atoms with Crippen molar-refractivity contribution in [3.05, 3.63) is 62.5 Å². The Labute approximate surface area is 157 Å². The van der Waals surface area contributed by atoms with Crippen molar-refractivity contribution in [2.45, 2.75) is 6.92 Å². The van der Waals surface area contributed by atoms with Gasteiger partial charge in [0.1, 0.15) is 11.5 Å². The second-order valence-electron chi connectivity index (χ2n) is 5.49. The molecule has 0 aliphatic carbocycles. The highest BCUT2D eigenvalue weighted by Gasteiger charge is 2.34. The highest BCUT2D eigenvalue weighted by atomic mass is 32.2. The molecule has 132 valence electrons. The van der Waals surface area contributed by atoms with Crippen LogP contribution in [0.4, 0.5) is 11.4 Å². The van der Waals surface area contributed by atoms with Crippen LogP contribution in [0.1, 0.15) is 11.1 Å². The first-order valence-corrected chi connectivity index (χ1v) is 8.55. The van der Waals surface area contributed by atoms with Crippen molar-refractivity contribution in [2.75, 3.05) is 4.90 Å². The van der Waals surface area contributed by atoms with Crippen LogP contribution in [0, 0.1) is 17.0 Å². The van der Waals surface area contributed by atoms with Gasteiger partial charge in [0.05, 0.1) is 15.5 Å². The van der Waals surface area contributed by atoms with Gasteiger partial charge in [0.2, 0.25) is 0 Å². The van der Waals surface area contributed by atoms with Gasteiger partial charge >= 0.3 is 0 Å². The van der Waals surface area contributed by atoms with Gasteiger partial charge in [-0.15, -0.1) is 0 Å². The van der Waals surface area contributed by atoms with Crippen LogP contribution in [0.15, 0.2) is 41.3 Å². The highest BCUT2D eigenvalue weighted by molar-refractivity contribution is 8.27. The van der Waals surface area contributed by atoms with E-state index in [4.69, 9.17) is 12.2 Å². The Morgan fingerprint density at radius 1 is 1.23 bits per heavy atom. The largest absolute Gasteiger partial charge is 0.508 e. The summed E-state index contributed by atoms with van der Waals surface area (Å²) in [5.41, 5.74) is 1.31. The summed E-state index contributed by atoms with van der Waals surface area (Å²) in [6, 6.07) is 8.23. The molecule has 0 unspecified atom stereocenters. The summed E-state index contributed by atoms with van der Waals surface area (Å²) in [6.07, 6.45) is 1.48. The minimum atomic E-state index is -0.505. The number of thiocarbonyl (C=S) groups is 1. The van der Waals surface area contributed by atoms with E-state index >= 15 is 0 Å².